The van der Waals surface area contributed by atoms with Crippen LogP contribution < -0.4 is 11.1 Å². The van der Waals surface area contributed by atoms with Crippen molar-refractivity contribution in [3.05, 3.63) is 11.1 Å². The van der Waals surface area contributed by atoms with Gasteiger partial charge in [-0.05, 0) is 0 Å². The van der Waals surface area contributed by atoms with Gasteiger partial charge in [-0.2, -0.15) is 0 Å². The molecule has 17 heavy (non-hydrogen) atoms. The van der Waals surface area contributed by atoms with Crippen molar-refractivity contribution in [2.24, 2.45) is 5.73 Å². The molecule has 1 heterocycles. The number of thiazole rings is 1. The number of nitrogens with one attached hydrogen (secondary N) is 1. The number of carbonyl (C=O) groups excluding carboxylic acids is 2. The molecular formula is C9H13N3O4S. The molecule has 8 heteroatoms. The maximum Gasteiger partial charge on any atom is 0.404 e. The SMILES string of the molecule is COC(=O)Cc1csc(NCCOC(N)=O)n1. The van der Waals surface area contributed by atoms with Crippen molar-refractivity contribution in [1.29, 1.82) is 0 Å². The zero-order chi connectivity index (χ0) is 12.7. The Morgan fingerprint density at radius 2 is 2.35 bits per heavy atom. The van der Waals surface area contributed by atoms with Crippen LogP contribution in [0.25, 0.3) is 0 Å². The standard InChI is InChI=1S/C9H13N3O4S/c1-15-7(13)4-6-5-17-9(12-6)11-2-3-16-8(10)14/h5H,2-4H2,1H3,(H2,10,14)(H,11,12). The van der Waals surface area contributed by atoms with E-state index in [0.717, 1.165) is 0 Å². The fraction of sp³-hybridized carbons (Fsp3) is 0.444. The quantitative estimate of drug-likeness (QED) is 0.565. The fourth-order valence-corrected chi connectivity index (χ4v) is 1.74. The highest BCUT2D eigenvalue weighted by Gasteiger charge is 2.07. The Morgan fingerprint density at radius 1 is 1.59 bits per heavy atom. The third-order valence-electron chi connectivity index (χ3n) is 1.73. The molecule has 0 bridgehead atoms. The molecule has 0 aliphatic heterocycles. The van der Waals surface area contributed by atoms with Crippen molar-refractivity contribution in [2.45, 2.75) is 6.42 Å². The number of aromatic nitrogens is 1. The van der Waals surface area contributed by atoms with Crippen LogP contribution >= 0.6 is 11.3 Å². The number of ether oxygens (including phenoxy) is 2. The summed E-state index contributed by atoms with van der Waals surface area (Å²) in [6.45, 7) is 0.579. The van der Waals surface area contributed by atoms with Crippen molar-refractivity contribution >= 4 is 28.5 Å². The Labute approximate surface area is 102 Å². The molecule has 94 valence electrons. The average molecular weight is 259 g/mol. The lowest BCUT2D eigenvalue weighted by Crippen LogP contribution is -2.18. The molecule has 0 spiro atoms. The van der Waals surface area contributed by atoms with E-state index in [0.29, 0.717) is 17.4 Å². The van der Waals surface area contributed by atoms with Crippen LogP contribution in [0.2, 0.25) is 0 Å². The summed E-state index contributed by atoms with van der Waals surface area (Å²) in [6, 6.07) is 0. The molecule has 0 aliphatic rings. The summed E-state index contributed by atoms with van der Waals surface area (Å²) in [5.74, 6) is -0.334. The second-order valence-corrected chi connectivity index (χ2v) is 3.85. The van der Waals surface area contributed by atoms with E-state index in [1.54, 1.807) is 5.38 Å². The van der Waals surface area contributed by atoms with Crippen LogP contribution in [0.4, 0.5) is 9.93 Å². The van der Waals surface area contributed by atoms with Gasteiger partial charge in [0.05, 0.1) is 25.8 Å². The van der Waals surface area contributed by atoms with Crippen molar-refractivity contribution in [3.8, 4) is 0 Å². The summed E-state index contributed by atoms with van der Waals surface area (Å²) in [5, 5.41) is 5.34. The molecule has 0 saturated heterocycles. The molecule has 0 atom stereocenters. The van der Waals surface area contributed by atoms with E-state index >= 15 is 0 Å². The van der Waals surface area contributed by atoms with Crippen molar-refractivity contribution < 1.29 is 19.1 Å². The van der Waals surface area contributed by atoms with Gasteiger partial charge in [0.25, 0.3) is 0 Å². The lowest BCUT2D eigenvalue weighted by Gasteiger charge is -2.02. The van der Waals surface area contributed by atoms with Crippen LogP contribution in [0.3, 0.4) is 0 Å². The predicted octanol–water partition coefficient (Wildman–Crippen LogP) is 0.366. The van der Waals surface area contributed by atoms with Crippen LogP contribution in [0, 0.1) is 0 Å². The summed E-state index contributed by atoms with van der Waals surface area (Å²) < 4.78 is 9.05. The highest BCUT2D eigenvalue weighted by atomic mass is 32.1. The van der Waals surface area contributed by atoms with Crippen LogP contribution in [-0.4, -0.2) is 37.3 Å². The van der Waals surface area contributed by atoms with Gasteiger partial charge in [0.2, 0.25) is 0 Å². The molecule has 1 aromatic rings. The first kappa shape index (κ1) is 13.2. The number of hydrogen-bond acceptors (Lipinski definition) is 7. The Balaban J connectivity index is 2.30. The molecule has 1 rings (SSSR count). The van der Waals surface area contributed by atoms with E-state index in [9.17, 15) is 9.59 Å². The van der Waals surface area contributed by atoms with Gasteiger partial charge >= 0.3 is 12.1 Å². The average Bonchev–Trinajstić information content (AvgIpc) is 2.72. The van der Waals surface area contributed by atoms with Crippen LogP contribution in [0.5, 0.6) is 0 Å². The maximum atomic E-state index is 11.0. The van der Waals surface area contributed by atoms with E-state index in [2.05, 4.69) is 19.8 Å². The lowest BCUT2D eigenvalue weighted by atomic mass is 10.3. The number of carbonyl (C=O) groups is 2. The largest absolute Gasteiger partial charge is 0.469 e. The Hall–Kier alpha value is -1.83. The second kappa shape index (κ2) is 6.69. The summed E-state index contributed by atoms with van der Waals surface area (Å²) >= 11 is 1.36. The molecular weight excluding hydrogens is 246 g/mol. The normalized spacial score (nSPS) is 9.71. The minimum atomic E-state index is -0.808. The smallest absolute Gasteiger partial charge is 0.404 e. The summed E-state index contributed by atoms with van der Waals surface area (Å²) in [4.78, 5) is 25.4. The van der Waals surface area contributed by atoms with E-state index < -0.39 is 6.09 Å². The molecule has 0 fully saturated rings. The fourth-order valence-electron chi connectivity index (χ4n) is 0.999. The second-order valence-electron chi connectivity index (χ2n) is 2.99. The molecule has 0 aliphatic carbocycles. The van der Waals surface area contributed by atoms with Crippen LogP contribution in [-0.2, 0) is 20.7 Å². The van der Waals surface area contributed by atoms with Crippen molar-refractivity contribution in [1.82, 2.24) is 4.98 Å². The molecule has 0 saturated carbocycles. The monoisotopic (exact) mass is 259 g/mol. The van der Waals surface area contributed by atoms with Crippen molar-refractivity contribution in [3.63, 3.8) is 0 Å². The zero-order valence-corrected chi connectivity index (χ0v) is 10.1. The minimum Gasteiger partial charge on any atom is -0.469 e. The maximum absolute atomic E-state index is 11.0. The third-order valence-corrected chi connectivity index (χ3v) is 2.58. The van der Waals surface area contributed by atoms with Gasteiger partial charge in [0, 0.05) is 5.38 Å². The van der Waals surface area contributed by atoms with Gasteiger partial charge in [-0.1, -0.05) is 0 Å². The van der Waals surface area contributed by atoms with Crippen LogP contribution in [0.15, 0.2) is 5.38 Å². The predicted molar refractivity (Wildman–Crippen MR) is 61.9 cm³/mol. The van der Waals surface area contributed by atoms with E-state index in [4.69, 9.17) is 5.73 Å². The van der Waals surface area contributed by atoms with Gasteiger partial charge in [0.1, 0.15) is 6.61 Å². The first-order chi connectivity index (χ1) is 8.11. The Morgan fingerprint density at radius 3 is 3.00 bits per heavy atom. The van der Waals surface area contributed by atoms with Gasteiger partial charge < -0.3 is 20.5 Å². The highest BCUT2D eigenvalue weighted by molar-refractivity contribution is 7.13. The van der Waals surface area contributed by atoms with Gasteiger partial charge in [-0.3, -0.25) is 4.79 Å². The number of amides is 1. The summed E-state index contributed by atoms with van der Waals surface area (Å²) in [6.07, 6.45) is -0.663. The number of methoxy groups -OCH3 is 1. The molecule has 0 unspecified atom stereocenters. The van der Waals surface area contributed by atoms with E-state index in [-0.39, 0.29) is 19.0 Å². The lowest BCUT2D eigenvalue weighted by molar-refractivity contribution is -0.139. The topological polar surface area (TPSA) is 104 Å². The number of nitrogens with two attached hydrogens (primary N) is 1. The van der Waals surface area contributed by atoms with Crippen molar-refractivity contribution in [2.75, 3.05) is 25.6 Å². The number of primary amides is 1. The van der Waals surface area contributed by atoms with Crippen LogP contribution in [0.1, 0.15) is 5.69 Å². The third kappa shape index (κ3) is 5.16. The van der Waals surface area contributed by atoms with Gasteiger partial charge in [0.15, 0.2) is 5.13 Å². The number of hydrogen-bond donors (Lipinski definition) is 2. The minimum absolute atomic E-state index is 0.145. The Bertz CT molecular complexity index is 393. The molecule has 7 nitrogen and oxygen atoms in total. The van der Waals surface area contributed by atoms with Gasteiger partial charge in [-0.15, -0.1) is 11.3 Å². The number of esters is 1. The number of anilines is 1. The molecule has 0 aromatic carbocycles. The highest BCUT2D eigenvalue weighted by Crippen LogP contribution is 2.15. The first-order valence-corrected chi connectivity index (χ1v) is 5.67. The number of rotatable bonds is 6. The molecule has 0 radical (unpaired) electrons. The van der Waals surface area contributed by atoms with E-state index in [1.807, 2.05) is 0 Å². The molecule has 1 aromatic heterocycles. The number of nitrogens with zero attached hydrogens (tertiary/aromatic N) is 1. The van der Waals surface area contributed by atoms with E-state index in [1.165, 1.54) is 18.4 Å². The first-order valence-electron chi connectivity index (χ1n) is 4.79. The van der Waals surface area contributed by atoms with Gasteiger partial charge in [-0.25, -0.2) is 9.78 Å². The molecule has 3 N–H and O–H groups in total. The summed E-state index contributed by atoms with van der Waals surface area (Å²) in [7, 11) is 1.33. The Kier molecular flexibility index (Phi) is 5.21. The zero-order valence-electron chi connectivity index (χ0n) is 9.26. The molecule has 1 amide bonds. The summed E-state index contributed by atoms with van der Waals surface area (Å²) in [5.41, 5.74) is 5.43.